The average molecular weight is 384 g/mol. The van der Waals surface area contributed by atoms with Gasteiger partial charge < -0.3 is 19.4 Å². The molecular formula is C21H24N2O5. The summed E-state index contributed by atoms with van der Waals surface area (Å²) in [5.41, 5.74) is 3.38. The van der Waals surface area contributed by atoms with Crippen molar-refractivity contribution in [2.24, 2.45) is 0 Å². The average Bonchev–Trinajstić information content (AvgIpc) is 3.22. The first-order valence-corrected chi connectivity index (χ1v) is 9.31. The standard InChI is InChI=1S/C21H24N2O5/c1-5-27-21(26)18-12(2)17(13(3)22-18)20(25)28-14(4)19(24)23-11-10-15-8-6-7-9-16(15)23/h6-9,14,22H,5,10-11H2,1-4H3/t14-/m1/s1. The number of esters is 2. The second-order valence-electron chi connectivity index (χ2n) is 6.76. The molecule has 0 saturated heterocycles. The third-order valence-corrected chi connectivity index (χ3v) is 4.91. The monoisotopic (exact) mass is 384 g/mol. The number of amides is 1. The van der Waals surface area contributed by atoms with Gasteiger partial charge in [-0.2, -0.15) is 0 Å². The van der Waals surface area contributed by atoms with E-state index in [9.17, 15) is 14.4 Å². The Balaban J connectivity index is 1.75. The van der Waals surface area contributed by atoms with Gasteiger partial charge in [0.1, 0.15) is 5.69 Å². The van der Waals surface area contributed by atoms with Crippen molar-refractivity contribution in [1.82, 2.24) is 4.98 Å². The minimum atomic E-state index is -0.946. The van der Waals surface area contributed by atoms with Crippen LogP contribution in [0.15, 0.2) is 24.3 Å². The number of para-hydroxylation sites is 1. The van der Waals surface area contributed by atoms with Crippen molar-refractivity contribution in [1.29, 1.82) is 0 Å². The van der Waals surface area contributed by atoms with Crippen LogP contribution in [0.25, 0.3) is 0 Å². The Kier molecular flexibility index (Phi) is 5.53. The molecule has 0 radical (unpaired) electrons. The van der Waals surface area contributed by atoms with Crippen LogP contribution in [0.1, 0.15) is 51.5 Å². The maximum atomic E-state index is 12.8. The number of rotatable bonds is 5. The number of aromatic amines is 1. The van der Waals surface area contributed by atoms with Gasteiger partial charge in [0.15, 0.2) is 6.10 Å². The molecule has 0 spiro atoms. The number of anilines is 1. The molecule has 7 nitrogen and oxygen atoms in total. The third-order valence-electron chi connectivity index (χ3n) is 4.91. The molecule has 1 aliphatic rings. The minimum absolute atomic E-state index is 0.221. The Morgan fingerprint density at radius 2 is 1.89 bits per heavy atom. The fourth-order valence-electron chi connectivity index (χ4n) is 3.52. The number of hydrogen-bond acceptors (Lipinski definition) is 5. The summed E-state index contributed by atoms with van der Waals surface area (Å²) in [6.07, 6.45) is -0.167. The third kappa shape index (κ3) is 3.52. The van der Waals surface area contributed by atoms with E-state index in [0.717, 1.165) is 17.7 Å². The van der Waals surface area contributed by atoms with Gasteiger partial charge in [0.05, 0.1) is 12.2 Å². The van der Waals surface area contributed by atoms with E-state index in [-0.39, 0.29) is 23.8 Å². The van der Waals surface area contributed by atoms with Crippen LogP contribution in [0.3, 0.4) is 0 Å². The van der Waals surface area contributed by atoms with E-state index in [4.69, 9.17) is 9.47 Å². The number of carbonyl (C=O) groups excluding carboxylic acids is 3. The molecule has 2 heterocycles. The van der Waals surface area contributed by atoms with Gasteiger partial charge in [-0.15, -0.1) is 0 Å². The van der Waals surface area contributed by atoms with E-state index in [1.807, 2.05) is 24.3 Å². The molecule has 1 aromatic heterocycles. The summed E-state index contributed by atoms with van der Waals surface area (Å²) in [6.45, 7) is 7.39. The highest BCUT2D eigenvalue weighted by molar-refractivity contribution is 6.02. The number of nitrogens with zero attached hydrogens (tertiary/aromatic N) is 1. The summed E-state index contributed by atoms with van der Waals surface area (Å²) in [4.78, 5) is 42.0. The Morgan fingerprint density at radius 1 is 1.18 bits per heavy atom. The second kappa shape index (κ2) is 7.88. The van der Waals surface area contributed by atoms with E-state index in [2.05, 4.69) is 4.98 Å². The molecule has 1 amide bonds. The van der Waals surface area contributed by atoms with Crippen molar-refractivity contribution in [3.05, 3.63) is 52.3 Å². The molecule has 148 valence electrons. The molecule has 2 aromatic rings. The summed E-state index contributed by atoms with van der Waals surface area (Å²) >= 11 is 0. The Hall–Kier alpha value is -3.09. The second-order valence-corrected chi connectivity index (χ2v) is 6.76. The Bertz CT molecular complexity index is 931. The molecule has 0 unspecified atom stereocenters. The highest BCUT2D eigenvalue weighted by Gasteiger charge is 2.31. The highest BCUT2D eigenvalue weighted by atomic mass is 16.5. The molecular weight excluding hydrogens is 360 g/mol. The zero-order valence-corrected chi connectivity index (χ0v) is 16.5. The van der Waals surface area contributed by atoms with Gasteiger partial charge in [-0.25, -0.2) is 9.59 Å². The summed E-state index contributed by atoms with van der Waals surface area (Å²) in [6, 6.07) is 7.70. The maximum Gasteiger partial charge on any atom is 0.355 e. The summed E-state index contributed by atoms with van der Waals surface area (Å²) in [5, 5.41) is 0. The molecule has 0 aliphatic carbocycles. The number of carbonyl (C=O) groups is 3. The van der Waals surface area contributed by atoms with Gasteiger partial charge in [-0.05, 0) is 51.3 Å². The summed E-state index contributed by atoms with van der Waals surface area (Å²) < 4.78 is 10.4. The van der Waals surface area contributed by atoms with Crippen LogP contribution in [0, 0.1) is 13.8 Å². The van der Waals surface area contributed by atoms with Gasteiger partial charge >= 0.3 is 11.9 Å². The number of benzene rings is 1. The van der Waals surface area contributed by atoms with Crippen LogP contribution in [0.4, 0.5) is 5.69 Å². The van der Waals surface area contributed by atoms with Gasteiger partial charge in [-0.1, -0.05) is 18.2 Å². The number of aromatic nitrogens is 1. The molecule has 0 fully saturated rings. The van der Waals surface area contributed by atoms with Crippen molar-refractivity contribution < 1.29 is 23.9 Å². The van der Waals surface area contributed by atoms with Crippen LogP contribution >= 0.6 is 0 Å². The largest absolute Gasteiger partial charge is 0.461 e. The van der Waals surface area contributed by atoms with E-state index in [1.54, 1.807) is 32.6 Å². The summed E-state index contributed by atoms with van der Waals surface area (Å²) in [5.74, 6) is -1.44. The van der Waals surface area contributed by atoms with E-state index >= 15 is 0 Å². The van der Waals surface area contributed by atoms with Crippen LogP contribution < -0.4 is 4.90 Å². The molecule has 0 bridgehead atoms. The van der Waals surface area contributed by atoms with Crippen molar-refractivity contribution >= 4 is 23.5 Å². The first-order chi connectivity index (χ1) is 13.3. The smallest absolute Gasteiger partial charge is 0.355 e. The predicted octanol–water partition coefficient (Wildman–Crippen LogP) is 2.94. The van der Waals surface area contributed by atoms with Crippen LogP contribution in [0.5, 0.6) is 0 Å². The number of ether oxygens (including phenoxy) is 2. The predicted molar refractivity (Wildman–Crippen MR) is 104 cm³/mol. The minimum Gasteiger partial charge on any atom is -0.461 e. The number of fused-ring (bicyclic) bond motifs is 1. The molecule has 7 heteroatoms. The lowest BCUT2D eigenvalue weighted by Crippen LogP contribution is -2.39. The van der Waals surface area contributed by atoms with Crippen LogP contribution in [-0.4, -0.2) is 42.1 Å². The molecule has 1 aliphatic heterocycles. The van der Waals surface area contributed by atoms with Gasteiger partial charge in [0, 0.05) is 17.9 Å². The van der Waals surface area contributed by atoms with Crippen molar-refractivity contribution in [2.75, 3.05) is 18.1 Å². The number of H-pyrrole nitrogens is 1. The fourth-order valence-corrected chi connectivity index (χ4v) is 3.52. The zero-order valence-electron chi connectivity index (χ0n) is 16.5. The number of aryl methyl sites for hydroxylation is 1. The topological polar surface area (TPSA) is 88.7 Å². The first-order valence-electron chi connectivity index (χ1n) is 9.31. The number of nitrogens with one attached hydrogen (secondary N) is 1. The molecule has 1 aromatic carbocycles. The van der Waals surface area contributed by atoms with Crippen molar-refractivity contribution in [2.45, 2.75) is 40.2 Å². The Labute approximate surface area is 163 Å². The van der Waals surface area contributed by atoms with Gasteiger partial charge in [0.2, 0.25) is 0 Å². The molecule has 28 heavy (non-hydrogen) atoms. The first kappa shape index (κ1) is 19.7. The van der Waals surface area contributed by atoms with Crippen LogP contribution in [0.2, 0.25) is 0 Å². The maximum absolute atomic E-state index is 12.8. The van der Waals surface area contributed by atoms with Gasteiger partial charge in [0.25, 0.3) is 5.91 Å². The highest BCUT2D eigenvalue weighted by Crippen LogP contribution is 2.28. The fraction of sp³-hybridized carbons (Fsp3) is 0.381. The zero-order chi connectivity index (χ0) is 20.4. The van der Waals surface area contributed by atoms with E-state index in [1.165, 1.54) is 0 Å². The van der Waals surface area contributed by atoms with Crippen LogP contribution in [-0.2, 0) is 20.7 Å². The lowest BCUT2D eigenvalue weighted by Gasteiger charge is -2.21. The Morgan fingerprint density at radius 3 is 2.61 bits per heavy atom. The molecule has 3 rings (SSSR count). The molecule has 1 atom stereocenters. The molecule has 0 saturated carbocycles. The molecule has 1 N–H and O–H groups in total. The van der Waals surface area contributed by atoms with Crippen molar-refractivity contribution in [3.8, 4) is 0 Å². The SMILES string of the molecule is CCOC(=O)c1[nH]c(C)c(C(=O)O[C@H](C)C(=O)N2CCc3ccccc32)c1C. The lowest BCUT2D eigenvalue weighted by molar-refractivity contribution is -0.126. The summed E-state index contributed by atoms with van der Waals surface area (Å²) in [7, 11) is 0. The van der Waals surface area contributed by atoms with E-state index in [0.29, 0.717) is 17.8 Å². The van der Waals surface area contributed by atoms with E-state index < -0.39 is 18.0 Å². The lowest BCUT2D eigenvalue weighted by atomic mass is 10.1. The van der Waals surface area contributed by atoms with Crippen molar-refractivity contribution in [3.63, 3.8) is 0 Å². The van der Waals surface area contributed by atoms with Gasteiger partial charge in [-0.3, -0.25) is 4.79 Å². The normalized spacial score (nSPS) is 13.8. The number of hydrogen-bond donors (Lipinski definition) is 1. The quantitative estimate of drug-likeness (QED) is 0.801.